The fourth-order valence-electron chi connectivity index (χ4n) is 5.88. The minimum Gasteiger partial charge on any atom is -0.455 e. The van der Waals surface area contributed by atoms with Crippen LogP contribution in [0.4, 0.5) is 0 Å². The van der Waals surface area contributed by atoms with E-state index in [1.807, 2.05) is 47.7 Å². The smallest absolute Gasteiger partial charge is 0.143 e. The molecule has 0 saturated heterocycles. The van der Waals surface area contributed by atoms with Gasteiger partial charge in [0.05, 0.1) is 11.6 Å². The van der Waals surface area contributed by atoms with Crippen molar-refractivity contribution in [2.24, 2.45) is 0 Å². The normalized spacial score (nSPS) is 11.5. The van der Waals surface area contributed by atoms with E-state index in [-0.39, 0.29) is 0 Å². The van der Waals surface area contributed by atoms with Gasteiger partial charge in [0.2, 0.25) is 0 Å². The monoisotopic (exact) mass is 527 g/mol. The fraction of sp³-hybridized carbons (Fsp3) is 0. The first kappa shape index (κ1) is 22.8. The zero-order valence-electron chi connectivity index (χ0n) is 21.4. The zero-order valence-corrected chi connectivity index (χ0v) is 22.2. The van der Waals surface area contributed by atoms with Crippen molar-refractivity contribution in [2.75, 3.05) is 0 Å². The van der Waals surface area contributed by atoms with Gasteiger partial charge < -0.3 is 4.42 Å². The molecule has 0 amide bonds. The van der Waals surface area contributed by atoms with Gasteiger partial charge in [-0.3, -0.25) is 0 Å². The van der Waals surface area contributed by atoms with E-state index < -0.39 is 0 Å². The SMILES string of the molecule is N#Cc1cccc(-c2cc(-c3cccc4c3oc3ccccc34)ccc2-c2cccc3c2sc2ccccc23)c1. The molecule has 0 radical (unpaired) electrons. The molecule has 0 aliphatic heterocycles. The molecule has 40 heavy (non-hydrogen) atoms. The Morgan fingerprint density at radius 2 is 1.25 bits per heavy atom. The molecular weight excluding hydrogens is 506 g/mol. The molecule has 0 spiro atoms. The standard InChI is InChI=1S/C37H21NOS/c38-22-23-8-5-9-24(20-23)33-21-25(26-12-6-13-30-28-10-1-3-16-34(28)39-36(26)30)18-19-27(33)31-14-7-15-32-29-11-2-4-17-35(29)40-37(31)32/h1-21H. The Bertz CT molecular complexity index is 2300. The van der Waals surface area contributed by atoms with Crippen LogP contribution in [0, 0.1) is 11.3 Å². The summed E-state index contributed by atoms with van der Waals surface area (Å²) in [5, 5.41) is 14.5. The summed E-state index contributed by atoms with van der Waals surface area (Å²) in [5.74, 6) is 0. The Kier molecular flexibility index (Phi) is 5.10. The summed E-state index contributed by atoms with van der Waals surface area (Å²) in [7, 11) is 0. The average Bonchev–Trinajstić information content (AvgIpc) is 3.59. The van der Waals surface area contributed by atoms with Crippen LogP contribution >= 0.6 is 11.3 Å². The lowest BCUT2D eigenvalue weighted by Crippen LogP contribution is -1.89. The minimum absolute atomic E-state index is 0.647. The van der Waals surface area contributed by atoms with Gasteiger partial charge in [0.25, 0.3) is 0 Å². The molecule has 0 fully saturated rings. The molecule has 186 valence electrons. The summed E-state index contributed by atoms with van der Waals surface area (Å²) in [6.45, 7) is 0. The fourth-order valence-corrected chi connectivity index (χ4v) is 7.11. The van der Waals surface area contributed by atoms with Crippen molar-refractivity contribution in [3.05, 3.63) is 133 Å². The highest BCUT2D eigenvalue weighted by Crippen LogP contribution is 2.44. The first-order chi connectivity index (χ1) is 19.8. The maximum atomic E-state index is 9.68. The molecule has 8 aromatic rings. The third-order valence-corrected chi connectivity index (χ3v) is 8.95. The maximum Gasteiger partial charge on any atom is 0.143 e. The molecule has 0 aliphatic rings. The molecule has 0 atom stereocenters. The predicted molar refractivity (Wildman–Crippen MR) is 168 cm³/mol. The van der Waals surface area contributed by atoms with Crippen LogP contribution in [-0.2, 0) is 0 Å². The van der Waals surface area contributed by atoms with Crippen molar-refractivity contribution in [1.29, 1.82) is 5.26 Å². The number of hydrogen-bond acceptors (Lipinski definition) is 3. The van der Waals surface area contributed by atoms with Gasteiger partial charge in [-0.2, -0.15) is 5.26 Å². The highest BCUT2D eigenvalue weighted by Gasteiger charge is 2.17. The quantitative estimate of drug-likeness (QED) is 0.229. The van der Waals surface area contributed by atoms with E-state index in [9.17, 15) is 5.26 Å². The Hall–Kier alpha value is -5.17. The number of para-hydroxylation sites is 2. The van der Waals surface area contributed by atoms with E-state index in [1.54, 1.807) is 0 Å². The van der Waals surface area contributed by atoms with Gasteiger partial charge in [-0.25, -0.2) is 0 Å². The van der Waals surface area contributed by atoms with Crippen molar-refractivity contribution >= 4 is 53.4 Å². The molecule has 0 unspecified atom stereocenters. The van der Waals surface area contributed by atoms with E-state index >= 15 is 0 Å². The number of furan rings is 1. The molecule has 6 aromatic carbocycles. The molecule has 2 aromatic heterocycles. The van der Waals surface area contributed by atoms with Gasteiger partial charge in [-0.05, 0) is 52.6 Å². The van der Waals surface area contributed by atoms with Gasteiger partial charge >= 0.3 is 0 Å². The van der Waals surface area contributed by atoms with E-state index in [1.165, 1.54) is 25.7 Å². The van der Waals surface area contributed by atoms with Crippen LogP contribution in [0.25, 0.3) is 75.5 Å². The summed E-state index contributed by atoms with van der Waals surface area (Å²) in [5.41, 5.74) is 9.01. The highest BCUT2D eigenvalue weighted by atomic mass is 32.1. The van der Waals surface area contributed by atoms with Crippen LogP contribution in [-0.4, -0.2) is 0 Å². The lowest BCUT2D eigenvalue weighted by molar-refractivity contribution is 0.670. The lowest BCUT2D eigenvalue weighted by atomic mass is 9.89. The van der Waals surface area contributed by atoms with Crippen LogP contribution < -0.4 is 0 Å². The summed E-state index contributed by atoms with van der Waals surface area (Å²) in [4.78, 5) is 0. The molecule has 3 heteroatoms. The number of fused-ring (bicyclic) bond motifs is 6. The Morgan fingerprint density at radius 3 is 2.15 bits per heavy atom. The number of thiophene rings is 1. The average molecular weight is 528 g/mol. The second-order valence-corrected chi connectivity index (χ2v) is 11.1. The molecule has 0 N–H and O–H groups in total. The number of nitrogens with zero attached hydrogens (tertiary/aromatic N) is 1. The van der Waals surface area contributed by atoms with Gasteiger partial charge in [0.15, 0.2) is 0 Å². The summed E-state index contributed by atoms with van der Waals surface area (Å²) >= 11 is 1.83. The van der Waals surface area contributed by atoms with E-state index in [2.05, 4.69) is 97.1 Å². The Balaban J connectivity index is 1.41. The van der Waals surface area contributed by atoms with Gasteiger partial charge in [0, 0.05) is 42.1 Å². The van der Waals surface area contributed by atoms with Crippen LogP contribution in [0.5, 0.6) is 0 Å². The molecule has 2 heterocycles. The van der Waals surface area contributed by atoms with Crippen molar-refractivity contribution in [3.63, 3.8) is 0 Å². The van der Waals surface area contributed by atoms with E-state index in [4.69, 9.17) is 4.42 Å². The zero-order chi connectivity index (χ0) is 26.6. The third-order valence-electron chi connectivity index (χ3n) is 7.73. The van der Waals surface area contributed by atoms with E-state index in [0.717, 1.165) is 49.8 Å². The number of nitriles is 1. The Morgan fingerprint density at radius 1 is 0.525 bits per heavy atom. The third kappa shape index (κ3) is 3.48. The summed E-state index contributed by atoms with van der Waals surface area (Å²) in [6.07, 6.45) is 0. The van der Waals surface area contributed by atoms with Crippen LogP contribution in [0.15, 0.2) is 132 Å². The van der Waals surface area contributed by atoms with Crippen molar-refractivity contribution in [2.45, 2.75) is 0 Å². The number of hydrogen-bond donors (Lipinski definition) is 0. The largest absolute Gasteiger partial charge is 0.455 e. The molecule has 2 nitrogen and oxygen atoms in total. The molecule has 0 saturated carbocycles. The second-order valence-electron chi connectivity index (χ2n) is 10.0. The minimum atomic E-state index is 0.647. The van der Waals surface area contributed by atoms with Gasteiger partial charge in [0.1, 0.15) is 11.2 Å². The lowest BCUT2D eigenvalue weighted by Gasteiger charge is -2.14. The summed E-state index contributed by atoms with van der Waals surface area (Å²) in [6, 6.07) is 46.6. The summed E-state index contributed by atoms with van der Waals surface area (Å²) < 4.78 is 8.94. The Labute approximate surface area is 235 Å². The first-order valence-corrected chi connectivity index (χ1v) is 14.1. The van der Waals surface area contributed by atoms with Crippen molar-refractivity contribution < 1.29 is 4.42 Å². The maximum absolute atomic E-state index is 9.68. The molecule has 0 aliphatic carbocycles. The highest BCUT2D eigenvalue weighted by molar-refractivity contribution is 7.26. The van der Waals surface area contributed by atoms with Crippen molar-refractivity contribution in [1.82, 2.24) is 0 Å². The molecule has 0 bridgehead atoms. The first-order valence-electron chi connectivity index (χ1n) is 13.2. The molecular formula is C37H21NOS. The van der Waals surface area contributed by atoms with Crippen molar-refractivity contribution in [3.8, 4) is 39.4 Å². The van der Waals surface area contributed by atoms with Crippen LogP contribution in [0.2, 0.25) is 0 Å². The number of benzene rings is 6. The van der Waals surface area contributed by atoms with E-state index in [0.29, 0.717) is 5.56 Å². The van der Waals surface area contributed by atoms with Crippen LogP contribution in [0.1, 0.15) is 5.56 Å². The number of rotatable bonds is 3. The topological polar surface area (TPSA) is 36.9 Å². The predicted octanol–water partition coefficient (Wildman–Crippen LogP) is 10.8. The van der Waals surface area contributed by atoms with Gasteiger partial charge in [-0.15, -0.1) is 11.3 Å². The molecule has 8 rings (SSSR count). The van der Waals surface area contributed by atoms with Crippen LogP contribution in [0.3, 0.4) is 0 Å². The van der Waals surface area contributed by atoms with Gasteiger partial charge in [-0.1, -0.05) is 97.1 Å². The second kappa shape index (κ2) is 8.95.